The van der Waals surface area contributed by atoms with Gasteiger partial charge in [0.1, 0.15) is 11.3 Å². The van der Waals surface area contributed by atoms with Crippen molar-refractivity contribution in [3.05, 3.63) is 46.5 Å². The van der Waals surface area contributed by atoms with Crippen LogP contribution in [0.25, 0.3) is 0 Å². The number of ether oxygens (including phenoxy) is 4. The summed E-state index contributed by atoms with van der Waals surface area (Å²) in [6.07, 6.45) is -5.98. The first-order valence-electron chi connectivity index (χ1n) is 8.70. The van der Waals surface area contributed by atoms with Crippen molar-refractivity contribution in [2.75, 3.05) is 26.6 Å². The fourth-order valence-corrected chi connectivity index (χ4v) is 2.66. The SMILES string of the molecule is COc1cc(OC)c(C(=O)O[C@H](C)C(=O)Nc2cc(C(F)(F)F)ccc2Cl)cc1OC. The summed E-state index contributed by atoms with van der Waals surface area (Å²) >= 11 is 5.87. The van der Waals surface area contributed by atoms with Gasteiger partial charge in [-0.3, -0.25) is 4.79 Å². The lowest BCUT2D eigenvalue weighted by molar-refractivity contribution is -0.137. The molecule has 2 rings (SSSR count). The van der Waals surface area contributed by atoms with Crippen LogP contribution in [-0.4, -0.2) is 39.3 Å². The highest BCUT2D eigenvalue weighted by Crippen LogP contribution is 2.36. The highest BCUT2D eigenvalue weighted by atomic mass is 35.5. The topological polar surface area (TPSA) is 83.1 Å². The number of alkyl halides is 3. The lowest BCUT2D eigenvalue weighted by Crippen LogP contribution is -2.30. The zero-order chi connectivity index (χ0) is 23.3. The van der Waals surface area contributed by atoms with Gasteiger partial charge in [0.15, 0.2) is 17.6 Å². The molecule has 1 atom stereocenters. The number of benzene rings is 2. The minimum Gasteiger partial charge on any atom is -0.496 e. The Balaban J connectivity index is 2.19. The van der Waals surface area contributed by atoms with Gasteiger partial charge in [-0.25, -0.2) is 4.79 Å². The average molecular weight is 462 g/mol. The molecule has 2 aromatic carbocycles. The molecule has 0 aliphatic carbocycles. The molecule has 0 fully saturated rings. The van der Waals surface area contributed by atoms with Crippen molar-refractivity contribution in [2.24, 2.45) is 0 Å². The van der Waals surface area contributed by atoms with Gasteiger partial charge < -0.3 is 24.3 Å². The number of halogens is 4. The molecule has 11 heteroatoms. The lowest BCUT2D eigenvalue weighted by atomic mass is 10.1. The molecular weight excluding hydrogens is 443 g/mol. The van der Waals surface area contributed by atoms with Crippen LogP contribution < -0.4 is 19.5 Å². The molecule has 0 aromatic heterocycles. The summed E-state index contributed by atoms with van der Waals surface area (Å²) in [6.45, 7) is 1.25. The number of anilines is 1. The Morgan fingerprint density at radius 3 is 2.10 bits per heavy atom. The Morgan fingerprint density at radius 1 is 0.968 bits per heavy atom. The van der Waals surface area contributed by atoms with Gasteiger partial charge in [-0.05, 0) is 25.1 Å². The number of hydrogen-bond donors (Lipinski definition) is 1. The van der Waals surface area contributed by atoms with E-state index in [1.54, 1.807) is 0 Å². The van der Waals surface area contributed by atoms with Crippen molar-refractivity contribution in [2.45, 2.75) is 19.2 Å². The lowest BCUT2D eigenvalue weighted by Gasteiger charge is -2.17. The molecule has 0 saturated heterocycles. The van der Waals surface area contributed by atoms with Crippen LogP contribution in [0.15, 0.2) is 30.3 Å². The molecule has 1 N–H and O–H groups in total. The van der Waals surface area contributed by atoms with Gasteiger partial charge in [-0.2, -0.15) is 13.2 Å². The minimum absolute atomic E-state index is 0.0445. The Hall–Kier alpha value is -3.14. The second-order valence-electron chi connectivity index (χ2n) is 6.14. The molecule has 2 aromatic rings. The van der Waals surface area contributed by atoms with Gasteiger partial charge in [0.2, 0.25) is 0 Å². The normalized spacial score (nSPS) is 12.0. The number of amides is 1. The highest BCUT2D eigenvalue weighted by molar-refractivity contribution is 6.33. The number of hydrogen-bond acceptors (Lipinski definition) is 6. The standard InChI is InChI=1S/C20H19ClF3NO6/c1-10(18(26)25-14-7-11(20(22,23)24)5-6-13(14)21)31-19(27)12-8-16(29-3)17(30-4)9-15(12)28-2/h5-10H,1-4H3,(H,25,26)/t10-/m1/s1. The van der Waals surface area contributed by atoms with Gasteiger partial charge in [-0.1, -0.05) is 11.6 Å². The molecular formula is C20H19ClF3NO6. The van der Waals surface area contributed by atoms with Gasteiger partial charge in [0.05, 0.1) is 37.6 Å². The van der Waals surface area contributed by atoms with Crippen molar-refractivity contribution in [1.82, 2.24) is 0 Å². The molecule has 0 heterocycles. The van der Waals surface area contributed by atoms with Crippen LogP contribution in [0.4, 0.5) is 18.9 Å². The molecule has 0 saturated carbocycles. The van der Waals surface area contributed by atoms with Gasteiger partial charge >= 0.3 is 12.1 Å². The summed E-state index contributed by atoms with van der Waals surface area (Å²) in [7, 11) is 4.10. The number of carbonyl (C=O) groups excluding carboxylic acids is 2. The van der Waals surface area contributed by atoms with E-state index < -0.39 is 29.7 Å². The van der Waals surface area contributed by atoms with Crippen molar-refractivity contribution in [1.29, 1.82) is 0 Å². The zero-order valence-corrected chi connectivity index (χ0v) is 17.7. The van der Waals surface area contributed by atoms with E-state index in [2.05, 4.69) is 5.32 Å². The molecule has 168 valence electrons. The molecule has 0 aliphatic heterocycles. The van der Waals surface area contributed by atoms with Crippen LogP contribution >= 0.6 is 11.6 Å². The third kappa shape index (κ3) is 5.72. The fraction of sp³-hybridized carbons (Fsp3) is 0.300. The molecule has 0 bridgehead atoms. The number of carbonyl (C=O) groups is 2. The maximum atomic E-state index is 12.9. The van der Waals surface area contributed by atoms with Crippen LogP contribution in [0.1, 0.15) is 22.8 Å². The predicted octanol–water partition coefficient (Wildman–Crippen LogP) is 4.57. The van der Waals surface area contributed by atoms with Crippen molar-refractivity contribution in [3.8, 4) is 17.2 Å². The fourth-order valence-electron chi connectivity index (χ4n) is 2.50. The second kappa shape index (κ2) is 9.78. The van der Waals surface area contributed by atoms with E-state index >= 15 is 0 Å². The first-order valence-corrected chi connectivity index (χ1v) is 9.08. The van der Waals surface area contributed by atoms with Crippen molar-refractivity contribution < 1.29 is 41.7 Å². The summed E-state index contributed by atoms with van der Waals surface area (Å²) < 4.78 is 59.2. The van der Waals surface area contributed by atoms with Crippen LogP contribution in [-0.2, 0) is 15.7 Å². The average Bonchev–Trinajstić information content (AvgIpc) is 2.73. The summed E-state index contributed by atoms with van der Waals surface area (Å²) in [6, 6.07) is 5.19. The predicted molar refractivity (Wildman–Crippen MR) is 106 cm³/mol. The summed E-state index contributed by atoms with van der Waals surface area (Å²) in [5.41, 5.74) is -1.31. The summed E-state index contributed by atoms with van der Waals surface area (Å²) in [4.78, 5) is 24.9. The number of methoxy groups -OCH3 is 3. The highest BCUT2D eigenvalue weighted by Gasteiger charge is 2.31. The summed E-state index contributed by atoms with van der Waals surface area (Å²) in [5.74, 6) is -1.16. The van der Waals surface area contributed by atoms with E-state index in [-0.39, 0.29) is 27.8 Å². The first kappa shape index (κ1) is 24.1. The number of rotatable bonds is 7. The van der Waals surface area contributed by atoms with Gasteiger partial charge in [0, 0.05) is 12.1 Å². The molecule has 0 aliphatic rings. The first-order chi connectivity index (χ1) is 14.5. The Bertz CT molecular complexity index is 980. The Kier molecular flexibility index (Phi) is 7.61. The molecule has 7 nitrogen and oxygen atoms in total. The molecule has 0 radical (unpaired) electrons. The molecule has 31 heavy (non-hydrogen) atoms. The van der Waals surface area contributed by atoms with E-state index in [9.17, 15) is 22.8 Å². The van der Waals surface area contributed by atoms with E-state index in [1.165, 1.54) is 40.4 Å². The quantitative estimate of drug-likeness (QED) is 0.608. The van der Waals surface area contributed by atoms with Crippen LogP contribution in [0.5, 0.6) is 17.2 Å². The Morgan fingerprint density at radius 2 is 1.55 bits per heavy atom. The van der Waals surface area contributed by atoms with Crippen molar-refractivity contribution >= 4 is 29.2 Å². The van der Waals surface area contributed by atoms with Crippen LogP contribution in [0.2, 0.25) is 5.02 Å². The maximum absolute atomic E-state index is 12.9. The molecule has 1 amide bonds. The third-order valence-electron chi connectivity index (χ3n) is 4.13. The molecule has 0 unspecified atom stereocenters. The van der Waals surface area contributed by atoms with E-state index in [1.807, 2.05) is 0 Å². The number of nitrogens with one attached hydrogen (secondary N) is 1. The molecule has 0 spiro atoms. The summed E-state index contributed by atoms with van der Waals surface area (Å²) in [5, 5.41) is 2.11. The smallest absolute Gasteiger partial charge is 0.416 e. The number of esters is 1. The minimum atomic E-state index is -4.62. The van der Waals surface area contributed by atoms with Crippen LogP contribution in [0.3, 0.4) is 0 Å². The second-order valence-corrected chi connectivity index (χ2v) is 6.54. The third-order valence-corrected chi connectivity index (χ3v) is 4.46. The largest absolute Gasteiger partial charge is 0.496 e. The monoisotopic (exact) mass is 461 g/mol. The van der Waals surface area contributed by atoms with E-state index in [4.69, 9.17) is 30.5 Å². The van der Waals surface area contributed by atoms with Crippen LogP contribution in [0, 0.1) is 0 Å². The zero-order valence-electron chi connectivity index (χ0n) is 16.9. The van der Waals surface area contributed by atoms with Crippen molar-refractivity contribution in [3.63, 3.8) is 0 Å². The van der Waals surface area contributed by atoms with E-state index in [0.717, 1.165) is 12.1 Å². The Labute approximate surface area is 181 Å². The van der Waals surface area contributed by atoms with E-state index in [0.29, 0.717) is 11.8 Å². The van der Waals surface area contributed by atoms with Gasteiger partial charge in [-0.15, -0.1) is 0 Å². The maximum Gasteiger partial charge on any atom is 0.416 e. The van der Waals surface area contributed by atoms with Gasteiger partial charge in [0.25, 0.3) is 5.91 Å².